The molecule has 20 heavy (non-hydrogen) atoms. The van der Waals surface area contributed by atoms with E-state index in [0.29, 0.717) is 24.8 Å². The molecule has 0 aliphatic carbocycles. The van der Waals surface area contributed by atoms with Crippen molar-refractivity contribution >= 4 is 5.91 Å². The molecule has 0 bridgehead atoms. The van der Waals surface area contributed by atoms with Crippen molar-refractivity contribution in [3.05, 3.63) is 29.6 Å². The number of nitrogens with two attached hydrogens (primary N) is 1. The topological polar surface area (TPSA) is 68.5 Å². The minimum atomic E-state index is -0.0305. The summed E-state index contributed by atoms with van der Waals surface area (Å²) in [6, 6.07) is 5.53. The van der Waals surface area contributed by atoms with Crippen molar-refractivity contribution in [2.24, 2.45) is 11.7 Å². The lowest BCUT2D eigenvalue weighted by atomic mass is 9.99. The summed E-state index contributed by atoms with van der Waals surface area (Å²) in [5, 5.41) is 0. The smallest absolute Gasteiger partial charge is 0.272 e. The minimum absolute atomic E-state index is 0.0305. The first-order chi connectivity index (χ1) is 9.65. The van der Waals surface area contributed by atoms with E-state index in [9.17, 15) is 4.79 Å². The summed E-state index contributed by atoms with van der Waals surface area (Å²) in [7, 11) is 1.62. The Morgan fingerprint density at radius 1 is 1.50 bits per heavy atom. The highest BCUT2D eigenvalue weighted by molar-refractivity contribution is 5.92. The number of hydrogen-bond donors (Lipinski definition) is 1. The van der Waals surface area contributed by atoms with Gasteiger partial charge in [0.05, 0.1) is 12.3 Å². The van der Waals surface area contributed by atoms with Crippen LogP contribution in [-0.2, 0) is 11.3 Å². The molecule has 2 atom stereocenters. The van der Waals surface area contributed by atoms with Crippen molar-refractivity contribution in [3.63, 3.8) is 0 Å². The summed E-state index contributed by atoms with van der Waals surface area (Å²) in [4.78, 5) is 18.6. The maximum Gasteiger partial charge on any atom is 0.272 e. The molecule has 0 unspecified atom stereocenters. The molecular formula is C15H23N3O2. The number of amides is 1. The predicted octanol–water partition coefficient (Wildman–Crippen LogP) is 1.43. The molecular weight excluding hydrogens is 254 g/mol. The number of nitrogens with zero attached hydrogens (tertiary/aromatic N) is 2. The van der Waals surface area contributed by atoms with Crippen LogP contribution in [0.2, 0.25) is 0 Å². The Morgan fingerprint density at radius 3 is 3.00 bits per heavy atom. The lowest BCUT2D eigenvalue weighted by Crippen LogP contribution is -2.32. The van der Waals surface area contributed by atoms with E-state index in [2.05, 4.69) is 11.9 Å². The van der Waals surface area contributed by atoms with E-state index in [1.807, 2.05) is 17.0 Å². The fourth-order valence-corrected chi connectivity index (χ4v) is 2.73. The average Bonchev–Trinajstić information content (AvgIpc) is 2.81. The Labute approximate surface area is 120 Å². The summed E-state index contributed by atoms with van der Waals surface area (Å²) in [6.07, 6.45) is 2.17. The zero-order valence-electron chi connectivity index (χ0n) is 12.2. The van der Waals surface area contributed by atoms with Crippen molar-refractivity contribution < 1.29 is 9.53 Å². The highest BCUT2D eigenvalue weighted by Crippen LogP contribution is 2.21. The number of methoxy groups -OCH3 is 1. The molecule has 5 heteroatoms. The molecule has 1 aromatic rings. The Bertz CT molecular complexity index is 464. The second-order valence-electron chi connectivity index (χ2n) is 5.37. The van der Waals surface area contributed by atoms with Crippen molar-refractivity contribution in [2.75, 3.05) is 20.2 Å². The van der Waals surface area contributed by atoms with Gasteiger partial charge in [-0.1, -0.05) is 19.4 Å². The molecule has 0 aromatic carbocycles. The second kappa shape index (κ2) is 6.81. The molecule has 2 N–H and O–H groups in total. The Morgan fingerprint density at radius 2 is 2.30 bits per heavy atom. The van der Waals surface area contributed by atoms with Gasteiger partial charge in [-0.2, -0.15) is 0 Å². The highest BCUT2D eigenvalue weighted by Gasteiger charge is 2.33. The third kappa shape index (κ3) is 3.35. The molecule has 0 radical (unpaired) electrons. The number of carbonyl (C=O) groups is 1. The number of hydrogen-bond acceptors (Lipinski definition) is 4. The van der Waals surface area contributed by atoms with Gasteiger partial charge in [0.2, 0.25) is 0 Å². The molecule has 1 fully saturated rings. The summed E-state index contributed by atoms with van der Waals surface area (Å²) in [5.41, 5.74) is 7.36. The Balaban J connectivity index is 2.06. The van der Waals surface area contributed by atoms with Crippen molar-refractivity contribution in [1.82, 2.24) is 9.88 Å². The molecule has 1 amide bonds. The summed E-state index contributed by atoms with van der Waals surface area (Å²) in [6.45, 7) is 3.93. The van der Waals surface area contributed by atoms with E-state index < -0.39 is 0 Å². The molecule has 2 rings (SSSR count). The maximum absolute atomic E-state index is 12.5. The van der Waals surface area contributed by atoms with E-state index >= 15 is 0 Å². The van der Waals surface area contributed by atoms with E-state index in [-0.39, 0.29) is 11.9 Å². The largest absolute Gasteiger partial charge is 0.378 e. The third-order valence-electron chi connectivity index (χ3n) is 3.76. The minimum Gasteiger partial charge on any atom is -0.378 e. The first-order valence-corrected chi connectivity index (χ1v) is 7.15. The van der Waals surface area contributed by atoms with E-state index in [1.54, 1.807) is 13.2 Å². The monoisotopic (exact) mass is 277 g/mol. The van der Waals surface area contributed by atoms with Crippen molar-refractivity contribution in [1.29, 1.82) is 0 Å². The quantitative estimate of drug-likeness (QED) is 0.884. The number of aromatic nitrogens is 1. The zero-order chi connectivity index (χ0) is 14.5. The van der Waals surface area contributed by atoms with Gasteiger partial charge < -0.3 is 15.4 Å². The van der Waals surface area contributed by atoms with Crippen molar-refractivity contribution in [2.45, 2.75) is 32.4 Å². The van der Waals surface area contributed by atoms with Crippen LogP contribution >= 0.6 is 0 Å². The van der Waals surface area contributed by atoms with Gasteiger partial charge in [-0.15, -0.1) is 0 Å². The zero-order valence-corrected chi connectivity index (χ0v) is 12.2. The van der Waals surface area contributed by atoms with Gasteiger partial charge in [0.1, 0.15) is 5.69 Å². The number of carbonyl (C=O) groups excluding carboxylic acids is 1. The van der Waals surface area contributed by atoms with Crippen LogP contribution in [0.5, 0.6) is 0 Å². The highest BCUT2D eigenvalue weighted by atomic mass is 16.5. The maximum atomic E-state index is 12.5. The van der Waals surface area contributed by atoms with Gasteiger partial charge in [-0.3, -0.25) is 4.79 Å². The fraction of sp³-hybridized carbons (Fsp3) is 0.600. The number of rotatable bonds is 5. The number of ether oxygens (including phenoxy) is 1. The van der Waals surface area contributed by atoms with Crippen molar-refractivity contribution in [3.8, 4) is 0 Å². The first-order valence-electron chi connectivity index (χ1n) is 7.15. The van der Waals surface area contributed by atoms with Crippen LogP contribution in [0.25, 0.3) is 0 Å². The first kappa shape index (κ1) is 14.9. The Hall–Kier alpha value is -1.46. The molecule has 1 aromatic heterocycles. The van der Waals surface area contributed by atoms with E-state index in [4.69, 9.17) is 10.5 Å². The van der Waals surface area contributed by atoms with Gasteiger partial charge >= 0.3 is 0 Å². The summed E-state index contributed by atoms with van der Waals surface area (Å²) in [5.74, 6) is 0.378. The van der Waals surface area contributed by atoms with Crippen LogP contribution in [0.15, 0.2) is 18.2 Å². The van der Waals surface area contributed by atoms with Gasteiger partial charge in [-0.25, -0.2) is 4.98 Å². The lowest BCUT2D eigenvalue weighted by molar-refractivity contribution is 0.0778. The van der Waals surface area contributed by atoms with Gasteiger partial charge in [-0.05, 0) is 24.5 Å². The molecule has 0 spiro atoms. The van der Waals surface area contributed by atoms with Gasteiger partial charge in [0, 0.05) is 26.2 Å². The van der Waals surface area contributed by atoms with E-state index in [0.717, 1.165) is 25.1 Å². The fourth-order valence-electron chi connectivity index (χ4n) is 2.73. The number of likely N-dealkylation sites (tertiary alicyclic amines) is 1. The lowest BCUT2D eigenvalue weighted by Gasteiger charge is -2.16. The van der Waals surface area contributed by atoms with Crippen LogP contribution in [0.4, 0.5) is 0 Å². The van der Waals surface area contributed by atoms with Crippen LogP contribution in [-0.4, -0.2) is 42.0 Å². The van der Waals surface area contributed by atoms with Crippen LogP contribution in [0.1, 0.15) is 35.9 Å². The SMILES string of the molecule is CCC[C@@H]1CN(C(=O)c2cccc(COC)n2)C[C@H]1N. The number of pyridine rings is 1. The normalized spacial score (nSPS) is 22.2. The predicted molar refractivity (Wildman–Crippen MR) is 77.2 cm³/mol. The van der Waals surface area contributed by atoms with Crippen LogP contribution in [0, 0.1) is 5.92 Å². The second-order valence-corrected chi connectivity index (χ2v) is 5.37. The van der Waals surface area contributed by atoms with Crippen LogP contribution in [0.3, 0.4) is 0 Å². The van der Waals surface area contributed by atoms with Gasteiger partial charge in [0.15, 0.2) is 0 Å². The molecule has 0 saturated carbocycles. The Kier molecular flexibility index (Phi) is 5.09. The van der Waals surface area contributed by atoms with Gasteiger partial charge in [0.25, 0.3) is 5.91 Å². The molecule has 1 aliphatic heterocycles. The molecule has 5 nitrogen and oxygen atoms in total. The summed E-state index contributed by atoms with van der Waals surface area (Å²) < 4.78 is 5.05. The van der Waals surface area contributed by atoms with Crippen LogP contribution < -0.4 is 5.73 Å². The molecule has 2 heterocycles. The van der Waals surface area contributed by atoms with E-state index in [1.165, 1.54) is 0 Å². The summed E-state index contributed by atoms with van der Waals surface area (Å²) >= 11 is 0. The molecule has 1 aliphatic rings. The molecule has 110 valence electrons. The average molecular weight is 277 g/mol. The third-order valence-corrected chi connectivity index (χ3v) is 3.76. The molecule has 1 saturated heterocycles. The standard InChI is InChI=1S/C15H23N3O2/c1-3-5-11-8-18(9-13(11)16)15(19)14-7-4-6-12(17-14)10-20-2/h4,6-7,11,13H,3,5,8-10,16H2,1-2H3/t11-,13-/m1/s1.